The van der Waals surface area contributed by atoms with Gasteiger partial charge in [0.1, 0.15) is 5.69 Å². The number of rotatable bonds is 5. The number of carbonyl (C=O) groups excluding carboxylic acids is 1. The molecule has 1 aromatic carbocycles. The zero-order valence-electron chi connectivity index (χ0n) is 12.4. The summed E-state index contributed by atoms with van der Waals surface area (Å²) in [5, 5.41) is 11.6. The topological polar surface area (TPSA) is 92.2 Å². The minimum atomic E-state index is -1.18. The van der Waals surface area contributed by atoms with Crippen molar-refractivity contribution in [2.24, 2.45) is 0 Å². The molecule has 0 fully saturated rings. The van der Waals surface area contributed by atoms with Crippen LogP contribution in [-0.2, 0) is 6.42 Å². The van der Waals surface area contributed by atoms with Gasteiger partial charge in [-0.2, -0.15) is 0 Å². The molecular weight excluding hydrogens is 282 g/mol. The first-order valence-electron chi connectivity index (χ1n) is 6.96. The Balaban J connectivity index is 2.05. The molecule has 0 bridgehead atoms. The van der Waals surface area contributed by atoms with E-state index in [9.17, 15) is 9.59 Å². The van der Waals surface area contributed by atoms with Crippen LogP contribution < -0.4 is 5.32 Å². The molecule has 2 aromatic rings. The molecule has 0 aliphatic rings. The molecule has 6 heteroatoms. The Kier molecular flexibility index (Phi) is 4.83. The van der Waals surface area contributed by atoms with Crippen molar-refractivity contribution < 1.29 is 14.7 Å². The molecular formula is C16H17N3O3. The Bertz CT molecular complexity index is 666. The van der Waals surface area contributed by atoms with E-state index in [4.69, 9.17) is 5.11 Å². The van der Waals surface area contributed by atoms with E-state index in [0.717, 1.165) is 24.4 Å². The average Bonchev–Trinajstić information content (AvgIpc) is 2.54. The third-order valence-electron chi connectivity index (χ3n) is 3.34. The normalized spacial score (nSPS) is 11.7. The van der Waals surface area contributed by atoms with Crippen LogP contribution in [0.2, 0.25) is 0 Å². The van der Waals surface area contributed by atoms with E-state index in [1.807, 2.05) is 31.2 Å². The minimum Gasteiger partial charge on any atom is -0.476 e. The fourth-order valence-corrected chi connectivity index (χ4v) is 1.95. The summed E-state index contributed by atoms with van der Waals surface area (Å²) in [6.07, 6.45) is 3.19. The summed E-state index contributed by atoms with van der Waals surface area (Å²) in [5.74, 6) is -1.57. The molecule has 1 unspecified atom stereocenters. The molecule has 0 saturated carbocycles. The van der Waals surface area contributed by atoms with Crippen LogP contribution in [0.15, 0.2) is 36.7 Å². The molecule has 0 aliphatic heterocycles. The highest BCUT2D eigenvalue weighted by Crippen LogP contribution is 2.14. The highest BCUT2D eigenvalue weighted by molar-refractivity contribution is 5.93. The molecule has 1 aromatic heterocycles. The zero-order valence-corrected chi connectivity index (χ0v) is 12.4. The Hall–Kier alpha value is -2.76. The Labute approximate surface area is 128 Å². The maximum absolute atomic E-state index is 12.1. The number of hydrogen-bond acceptors (Lipinski definition) is 4. The van der Waals surface area contributed by atoms with Gasteiger partial charge < -0.3 is 10.4 Å². The predicted molar refractivity (Wildman–Crippen MR) is 80.7 cm³/mol. The second-order valence-corrected chi connectivity index (χ2v) is 4.88. The van der Waals surface area contributed by atoms with E-state index in [2.05, 4.69) is 22.2 Å². The lowest BCUT2D eigenvalue weighted by Gasteiger charge is -2.14. The number of amides is 1. The van der Waals surface area contributed by atoms with Gasteiger partial charge in [0, 0.05) is 0 Å². The van der Waals surface area contributed by atoms with Crippen LogP contribution in [-0.4, -0.2) is 27.0 Å². The van der Waals surface area contributed by atoms with Crippen LogP contribution in [0.1, 0.15) is 52.0 Å². The molecule has 6 nitrogen and oxygen atoms in total. The van der Waals surface area contributed by atoms with Gasteiger partial charge in [0.2, 0.25) is 0 Å². The number of aryl methyl sites for hydroxylation is 1. The van der Waals surface area contributed by atoms with Crippen molar-refractivity contribution in [2.45, 2.75) is 26.3 Å². The van der Waals surface area contributed by atoms with Crippen LogP contribution in [0, 0.1) is 0 Å². The summed E-state index contributed by atoms with van der Waals surface area (Å²) in [4.78, 5) is 30.3. The first kappa shape index (κ1) is 15.6. The number of carboxylic acids is 1. The van der Waals surface area contributed by atoms with Crippen molar-refractivity contribution in [3.8, 4) is 0 Å². The third-order valence-corrected chi connectivity index (χ3v) is 3.34. The first-order valence-corrected chi connectivity index (χ1v) is 6.96. The van der Waals surface area contributed by atoms with Crippen LogP contribution in [0.5, 0.6) is 0 Å². The number of nitrogens with one attached hydrogen (secondary N) is 1. The number of aromatic nitrogens is 2. The summed E-state index contributed by atoms with van der Waals surface area (Å²) < 4.78 is 0. The van der Waals surface area contributed by atoms with E-state index >= 15 is 0 Å². The summed E-state index contributed by atoms with van der Waals surface area (Å²) in [7, 11) is 0. The monoisotopic (exact) mass is 299 g/mol. The first-order chi connectivity index (χ1) is 10.5. The average molecular weight is 299 g/mol. The number of aromatic carboxylic acids is 1. The van der Waals surface area contributed by atoms with E-state index in [1.165, 1.54) is 5.56 Å². The quantitative estimate of drug-likeness (QED) is 0.883. The molecule has 1 atom stereocenters. The fraction of sp³-hybridized carbons (Fsp3) is 0.250. The Morgan fingerprint density at radius 1 is 1.14 bits per heavy atom. The standard InChI is InChI=1S/C16H17N3O3/c1-3-11-4-6-12(7-5-11)10(2)19-15(20)13-8-18-14(9-17-13)16(21)22/h4-10H,3H2,1-2H3,(H,19,20)(H,21,22). The van der Waals surface area contributed by atoms with E-state index in [0.29, 0.717) is 0 Å². The molecule has 114 valence electrons. The predicted octanol–water partition coefficient (Wildman–Crippen LogP) is 2.23. The Morgan fingerprint density at radius 2 is 1.73 bits per heavy atom. The number of benzene rings is 1. The third kappa shape index (κ3) is 3.66. The van der Waals surface area contributed by atoms with Gasteiger partial charge >= 0.3 is 5.97 Å². The molecule has 1 heterocycles. The molecule has 2 N–H and O–H groups in total. The number of nitrogens with zero attached hydrogens (tertiary/aromatic N) is 2. The number of carbonyl (C=O) groups is 2. The van der Waals surface area contributed by atoms with Crippen molar-refractivity contribution in [1.29, 1.82) is 0 Å². The molecule has 0 radical (unpaired) electrons. The molecule has 2 rings (SSSR count). The Morgan fingerprint density at radius 3 is 2.23 bits per heavy atom. The van der Waals surface area contributed by atoms with E-state index in [-0.39, 0.29) is 17.4 Å². The lowest BCUT2D eigenvalue weighted by Crippen LogP contribution is -2.27. The van der Waals surface area contributed by atoms with Crippen LogP contribution >= 0.6 is 0 Å². The van der Waals surface area contributed by atoms with Gasteiger partial charge in [-0.3, -0.25) is 4.79 Å². The zero-order chi connectivity index (χ0) is 16.1. The summed E-state index contributed by atoms with van der Waals surface area (Å²) in [6.45, 7) is 3.96. The number of hydrogen-bond donors (Lipinski definition) is 2. The van der Waals surface area contributed by atoms with Gasteiger partial charge in [0.15, 0.2) is 5.69 Å². The summed E-state index contributed by atoms with van der Waals surface area (Å²) in [6, 6.07) is 7.82. The minimum absolute atomic E-state index is 0.0852. The van der Waals surface area contributed by atoms with Crippen molar-refractivity contribution in [3.05, 3.63) is 59.2 Å². The SMILES string of the molecule is CCc1ccc(C(C)NC(=O)c2cnc(C(=O)O)cn2)cc1. The second-order valence-electron chi connectivity index (χ2n) is 4.88. The van der Waals surface area contributed by atoms with Gasteiger partial charge in [-0.15, -0.1) is 0 Å². The molecule has 0 spiro atoms. The molecule has 0 aliphatic carbocycles. The maximum atomic E-state index is 12.1. The van der Waals surface area contributed by atoms with E-state index < -0.39 is 11.9 Å². The van der Waals surface area contributed by atoms with Crippen molar-refractivity contribution in [2.75, 3.05) is 0 Å². The van der Waals surface area contributed by atoms with E-state index in [1.54, 1.807) is 0 Å². The molecule has 0 saturated heterocycles. The summed E-state index contributed by atoms with van der Waals surface area (Å²) in [5.41, 5.74) is 2.11. The smallest absolute Gasteiger partial charge is 0.356 e. The van der Waals surface area contributed by atoms with Gasteiger partial charge in [0.25, 0.3) is 5.91 Å². The largest absolute Gasteiger partial charge is 0.476 e. The molecule has 1 amide bonds. The number of carboxylic acid groups (broad SMARTS) is 1. The van der Waals surface area contributed by atoms with Gasteiger partial charge in [-0.05, 0) is 24.5 Å². The van der Waals surface area contributed by atoms with Crippen LogP contribution in [0.3, 0.4) is 0 Å². The molecule has 22 heavy (non-hydrogen) atoms. The highest BCUT2D eigenvalue weighted by atomic mass is 16.4. The fourth-order valence-electron chi connectivity index (χ4n) is 1.95. The maximum Gasteiger partial charge on any atom is 0.356 e. The van der Waals surface area contributed by atoms with Gasteiger partial charge in [0.05, 0.1) is 18.4 Å². The van der Waals surface area contributed by atoms with Gasteiger partial charge in [-0.25, -0.2) is 14.8 Å². The van der Waals surface area contributed by atoms with Crippen LogP contribution in [0.4, 0.5) is 0 Å². The second kappa shape index (κ2) is 6.80. The van der Waals surface area contributed by atoms with Crippen molar-refractivity contribution in [1.82, 2.24) is 15.3 Å². The van der Waals surface area contributed by atoms with Crippen molar-refractivity contribution >= 4 is 11.9 Å². The lowest BCUT2D eigenvalue weighted by atomic mass is 10.0. The van der Waals surface area contributed by atoms with Gasteiger partial charge in [-0.1, -0.05) is 31.2 Å². The highest BCUT2D eigenvalue weighted by Gasteiger charge is 2.14. The lowest BCUT2D eigenvalue weighted by molar-refractivity contribution is 0.0689. The summed E-state index contributed by atoms with van der Waals surface area (Å²) >= 11 is 0. The van der Waals surface area contributed by atoms with Crippen molar-refractivity contribution in [3.63, 3.8) is 0 Å². The van der Waals surface area contributed by atoms with Crippen LogP contribution in [0.25, 0.3) is 0 Å².